The van der Waals surface area contributed by atoms with Crippen molar-refractivity contribution in [3.63, 3.8) is 0 Å². The molecule has 0 fully saturated rings. The van der Waals surface area contributed by atoms with Gasteiger partial charge in [0.2, 0.25) is 5.91 Å². The molecule has 1 N–H and O–H groups in total. The highest BCUT2D eigenvalue weighted by Crippen LogP contribution is 2.33. The fourth-order valence-electron chi connectivity index (χ4n) is 1.29. The molecule has 5 nitrogen and oxygen atoms in total. The minimum Gasteiger partial charge on any atom is -0.465 e. The van der Waals surface area contributed by atoms with Crippen LogP contribution in [0.15, 0.2) is 6.07 Å². The number of hydrogen-bond acceptors (Lipinski definition) is 5. The number of methoxy groups -OCH3 is 1. The molecule has 0 unspecified atom stereocenters. The van der Waals surface area contributed by atoms with Crippen LogP contribution in [-0.2, 0) is 9.53 Å². The Balaban J connectivity index is 3.04. The number of esters is 1. The Hall–Kier alpha value is -1.87. The van der Waals surface area contributed by atoms with Crippen LogP contribution in [0.3, 0.4) is 0 Å². The molecule has 0 bridgehead atoms. The molecule has 96 valence electrons. The largest absolute Gasteiger partial charge is 0.465 e. The van der Waals surface area contributed by atoms with Crippen molar-refractivity contribution >= 4 is 28.2 Å². The van der Waals surface area contributed by atoms with E-state index in [1.807, 2.05) is 13.8 Å². The van der Waals surface area contributed by atoms with E-state index in [0.717, 1.165) is 4.88 Å². The molecule has 0 aliphatic heterocycles. The van der Waals surface area contributed by atoms with Gasteiger partial charge in [-0.25, -0.2) is 4.79 Å². The second-order valence-corrected chi connectivity index (χ2v) is 5.00. The zero-order valence-corrected chi connectivity index (χ0v) is 11.3. The van der Waals surface area contributed by atoms with Gasteiger partial charge in [0.15, 0.2) is 0 Å². The predicted octanol–water partition coefficient (Wildman–Crippen LogP) is 2.51. The maximum atomic E-state index is 11.6. The molecule has 0 aliphatic carbocycles. The number of carbonyl (C=O) groups excluding carboxylic acids is 2. The maximum absolute atomic E-state index is 11.6. The van der Waals surface area contributed by atoms with Gasteiger partial charge in [-0.1, -0.05) is 13.8 Å². The molecule has 6 heteroatoms. The lowest BCUT2D eigenvalue weighted by Crippen LogP contribution is -2.12. The van der Waals surface area contributed by atoms with Crippen LogP contribution in [-0.4, -0.2) is 19.0 Å². The molecule has 1 aromatic rings. The number of amides is 1. The summed E-state index contributed by atoms with van der Waals surface area (Å²) in [6, 6.07) is 3.47. The van der Waals surface area contributed by atoms with Crippen LogP contribution in [0.2, 0.25) is 0 Å². The van der Waals surface area contributed by atoms with Gasteiger partial charge < -0.3 is 10.1 Å². The Kier molecular flexibility index (Phi) is 4.86. The van der Waals surface area contributed by atoms with Gasteiger partial charge in [0.1, 0.15) is 11.4 Å². The van der Waals surface area contributed by atoms with Crippen LogP contribution in [0.5, 0.6) is 0 Å². The highest BCUT2D eigenvalue weighted by Gasteiger charge is 2.19. The lowest BCUT2D eigenvalue weighted by atomic mass is 10.1. The van der Waals surface area contributed by atoms with E-state index in [9.17, 15) is 9.59 Å². The van der Waals surface area contributed by atoms with Crippen LogP contribution >= 0.6 is 11.3 Å². The third kappa shape index (κ3) is 3.31. The molecular formula is C12H14N2O3S. The van der Waals surface area contributed by atoms with Crippen molar-refractivity contribution in [3.8, 4) is 6.07 Å². The van der Waals surface area contributed by atoms with Gasteiger partial charge in [0.05, 0.1) is 18.7 Å². The normalized spacial score (nSPS) is 9.94. The van der Waals surface area contributed by atoms with E-state index < -0.39 is 11.9 Å². The molecule has 0 spiro atoms. The van der Waals surface area contributed by atoms with Gasteiger partial charge in [-0.15, -0.1) is 11.3 Å². The van der Waals surface area contributed by atoms with E-state index >= 15 is 0 Å². The Morgan fingerprint density at radius 2 is 2.22 bits per heavy atom. The van der Waals surface area contributed by atoms with E-state index in [1.165, 1.54) is 18.4 Å². The Morgan fingerprint density at radius 3 is 2.72 bits per heavy atom. The number of ether oxygens (including phenoxy) is 1. The molecule has 0 aliphatic rings. The van der Waals surface area contributed by atoms with E-state index in [4.69, 9.17) is 5.26 Å². The smallest absolute Gasteiger partial charge is 0.340 e. The summed E-state index contributed by atoms with van der Waals surface area (Å²) in [5.74, 6) is -0.676. The van der Waals surface area contributed by atoms with Crippen LogP contribution < -0.4 is 5.32 Å². The third-order valence-electron chi connectivity index (χ3n) is 2.22. The van der Waals surface area contributed by atoms with Crippen molar-refractivity contribution in [2.75, 3.05) is 12.4 Å². The Bertz CT molecular complexity index is 500. The van der Waals surface area contributed by atoms with Crippen molar-refractivity contribution in [3.05, 3.63) is 16.5 Å². The molecular weight excluding hydrogens is 252 g/mol. The summed E-state index contributed by atoms with van der Waals surface area (Å²) in [6.07, 6.45) is -0.241. The number of anilines is 1. The SMILES string of the molecule is COC(=O)c1cc(C(C)C)sc1NC(=O)CC#N. The van der Waals surface area contributed by atoms with Crippen LogP contribution in [0.1, 0.15) is 41.4 Å². The van der Waals surface area contributed by atoms with Crippen LogP contribution in [0.25, 0.3) is 0 Å². The Morgan fingerprint density at radius 1 is 1.56 bits per heavy atom. The van der Waals surface area contributed by atoms with Crippen LogP contribution in [0.4, 0.5) is 5.00 Å². The standard InChI is InChI=1S/C12H14N2O3S/c1-7(2)9-6-8(12(16)17-3)11(18-9)14-10(15)4-5-13/h6-7H,4H2,1-3H3,(H,14,15). The third-order valence-corrected chi connectivity index (χ3v) is 3.57. The molecule has 0 atom stereocenters. The minimum atomic E-state index is -0.495. The summed E-state index contributed by atoms with van der Waals surface area (Å²) in [6.45, 7) is 3.99. The van der Waals surface area contributed by atoms with E-state index in [2.05, 4.69) is 10.1 Å². The number of nitrogens with one attached hydrogen (secondary N) is 1. The first-order chi connectivity index (χ1) is 8.49. The highest BCUT2D eigenvalue weighted by molar-refractivity contribution is 7.16. The fourth-order valence-corrected chi connectivity index (χ4v) is 2.36. The zero-order chi connectivity index (χ0) is 13.7. The summed E-state index contributed by atoms with van der Waals surface area (Å²) in [5, 5.41) is 11.4. The fraction of sp³-hybridized carbons (Fsp3) is 0.417. The first-order valence-corrected chi connectivity index (χ1v) is 6.20. The van der Waals surface area contributed by atoms with Gasteiger partial charge in [-0.2, -0.15) is 5.26 Å². The molecule has 18 heavy (non-hydrogen) atoms. The summed E-state index contributed by atoms with van der Waals surface area (Å²) in [5.41, 5.74) is 0.331. The topological polar surface area (TPSA) is 79.2 Å². The van der Waals surface area contributed by atoms with Crippen molar-refractivity contribution in [1.82, 2.24) is 0 Å². The summed E-state index contributed by atoms with van der Waals surface area (Å²) in [7, 11) is 1.29. The lowest BCUT2D eigenvalue weighted by molar-refractivity contribution is -0.115. The zero-order valence-electron chi connectivity index (χ0n) is 10.4. The average molecular weight is 266 g/mol. The van der Waals surface area contributed by atoms with Crippen molar-refractivity contribution in [2.45, 2.75) is 26.2 Å². The number of rotatable bonds is 4. The van der Waals surface area contributed by atoms with E-state index in [0.29, 0.717) is 10.6 Å². The van der Waals surface area contributed by atoms with Gasteiger partial charge >= 0.3 is 5.97 Å². The monoisotopic (exact) mass is 266 g/mol. The van der Waals surface area contributed by atoms with Crippen molar-refractivity contribution in [1.29, 1.82) is 5.26 Å². The molecule has 0 radical (unpaired) electrons. The summed E-state index contributed by atoms with van der Waals surface area (Å²) in [4.78, 5) is 23.9. The number of nitriles is 1. The van der Waals surface area contributed by atoms with Crippen molar-refractivity contribution in [2.24, 2.45) is 0 Å². The lowest BCUT2D eigenvalue weighted by Gasteiger charge is -2.02. The van der Waals surface area contributed by atoms with Gasteiger partial charge in [-0.3, -0.25) is 4.79 Å². The average Bonchev–Trinajstić information content (AvgIpc) is 2.72. The molecule has 0 aromatic carbocycles. The highest BCUT2D eigenvalue weighted by atomic mass is 32.1. The molecule has 0 saturated carbocycles. The number of nitrogens with zero attached hydrogens (tertiary/aromatic N) is 1. The quantitative estimate of drug-likeness (QED) is 0.849. The second-order valence-electron chi connectivity index (χ2n) is 3.92. The molecule has 1 rings (SSSR count). The summed E-state index contributed by atoms with van der Waals surface area (Å²) >= 11 is 1.32. The summed E-state index contributed by atoms with van der Waals surface area (Å²) < 4.78 is 4.66. The van der Waals surface area contributed by atoms with E-state index in [1.54, 1.807) is 12.1 Å². The molecule has 1 amide bonds. The number of carbonyl (C=O) groups is 2. The Labute approximate surface area is 109 Å². The van der Waals surface area contributed by atoms with E-state index in [-0.39, 0.29) is 12.3 Å². The molecule has 1 aromatic heterocycles. The van der Waals surface area contributed by atoms with Gasteiger partial charge in [0.25, 0.3) is 0 Å². The molecule has 0 saturated heterocycles. The maximum Gasteiger partial charge on any atom is 0.340 e. The number of hydrogen-bond donors (Lipinski definition) is 1. The first-order valence-electron chi connectivity index (χ1n) is 5.38. The van der Waals surface area contributed by atoms with Gasteiger partial charge in [0, 0.05) is 4.88 Å². The van der Waals surface area contributed by atoms with Crippen molar-refractivity contribution < 1.29 is 14.3 Å². The minimum absolute atomic E-state index is 0.241. The second kappa shape index (κ2) is 6.17. The van der Waals surface area contributed by atoms with Crippen LogP contribution in [0, 0.1) is 11.3 Å². The molecule has 1 heterocycles. The number of thiophene rings is 1. The van der Waals surface area contributed by atoms with Gasteiger partial charge in [-0.05, 0) is 12.0 Å². The first kappa shape index (κ1) is 14.2. The predicted molar refractivity (Wildman–Crippen MR) is 68.6 cm³/mol.